The first-order chi connectivity index (χ1) is 10.0. The van der Waals surface area contributed by atoms with E-state index >= 15 is 0 Å². The number of aryl methyl sites for hydroxylation is 1. The number of amides is 1. The Morgan fingerprint density at radius 2 is 2.18 bits per heavy atom. The van der Waals surface area contributed by atoms with Gasteiger partial charge in [0.1, 0.15) is 5.75 Å². The molecule has 0 radical (unpaired) electrons. The Kier molecular flexibility index (Phi) is 7.17. The van der Waals surface area contributed by atoms with E-state index in [-0.39, 0.29) is 24.9 Å². The average Bonchev–Trinajstić information content (AvgIpc) is 2.94. The van der Waals surface area contributed by atoms with Crippen LogP contribution in [0.5, 0.6) is 5.75 Å². The molecule has 1 aromatic rings. The summed E-state index contributed by atoms with van der Waals surface area (Å²) in [6, 6.07) is 6.20. The van der Waals surface area contributed by atoms with Crippen molar-refractivity contribution in [2.24, 2.45) is 11.7 Å². The van der Waals surface area contributed by atoms with Gasteiger partial charge >= 0.3 is 0 Å². The Morgan fingerprint density at radius 3 is 2.77 bits per heavy atom. The summed E-state index contributed by atoms with van der Waals surface area (Å²) in [4.78, 5) is 14.0. The highest BCUT2D eigenvalue weighted by atomic mass is 35.5. The van der Waals surface area contributed by atoms with Crippen molar-refractivity contribution in [1.29, 1.82) is 0 Å². The molecule has 0 aromatic heterocycles. The Labute approximate surface area is 139 Å². The quantitative estimate of drug-likeness (QED) is 0.905. The van der Waals surface area contributed by atoms with Gasteiger partial charge < -0.3 is 15.4 Å². The summed E-state index contributed by atoms with van der Waals surface area (Å²) in [5, 5.41) is 0. The number of nitrogens with two attached hydrogens (primary N) is 1. The van der Waals surface area contributed by atoms with Crippen LogP contribution in [0.1, 0.15) is 37.3 Å². The van der Waals surface area contributed by atoms with Gasteiger partial charge in [-0.2, -0.15) is 0 Å². The Bertz CT molecular complexity index is 505. The van der Waals surface area contributed by atoms with Crippen LogP contribution in [0, 0.1) is 12.8 Å². The molecule has 1 amide bonds. The van der Waals surface area contributed by atoms with E-state index in [2.05, 4.69) is 26.0 Å². The fourth-order valence-electron chi connectivity index (χ4n) is 2.61. The molecule has 0 aliphatic carbocycles. The molecular formula is C17H27ClN2O2. The lowest BCUT2D eigenvalue weighted by atomic mass is 10.0. The molecule has 0 bridgehead atoms. The standard InChI is InChI=1S/C17H26N2O2.ClH/c1-12(2)15-5-4-13(3)16(8-15)21-11-17(20)19-7-6-14(9-18)10-19;/h4-5,8,12,14H,6-7,9-11,18H2,1-3H3;1H. The van der Waals surface area contributed by atoms with Gasteiger partial charge in [0, 0.05) is 13.1 Å². The SMILES string of the molecule is Cc1ccc(C(C)C)cc1OCC(=O)N1CCC(CN)C1.Cl. The van der Waals surface area contributed by atoms with Gasteiger partial charge in [0.15, 0.2) is 6.61 Å². The second-order valence-electron chi connectivity index (χ2n) is 6.20. The van der Waals surface area contributed by atoms with Gasteiger partial charge in [-0.1, -0.05) is 26.0 Å². The zero-order chi connectivity index (χ0) is 15.4. The lowest BCUT2D eigenvalue weighted by molar-refractivity contribution is -0.132. The van der Waals surface area contributed by atoms with Crippen LogP contribution in [0.2, 0.25) is 0 Å². The first-order valence-corrected chi connectivity index (χ1v) is 7.72. The lowest BCUT2D eigenvalue weighted by Crippen LogP contribution is -2.33. The number of nitrogens with zero attached hydrogens (tertiary/aromatic N) is 1. The highest BCUT2D eigenvalue weighted by molar-refractivity contribution is 5.85. The van der Waals surface area contributed by atoms with Gasteiger partial charge in [0.05, 0.1) is 0 Å². The molecule has 1 saturated heterocycles. The lowest BCUT2D eigenvalue weighted by Gasteiger charge is -2.18. The number of benzene rings is 1. The topological polar surface area (TPSA) is 55.6 Å². The van der Waals surface area contributed by atoms with Crippen LogP contribution in [0.4, 0.5) is 0 Å². The molecule has 124 valence electrons. The normalized spacial score (nSPS) is 17.5. The predicted molar refractivity (Wildman–Crippen MR) is 91.8 cm³/mol. The van der Waals surface area contributed by atoms with Crippen molar-refractivity contribution >= 4 is 18.3 Å². The zero-order valence-corrected chi connectivity index (χ0v) is 14.5. The Hall–Kier alpha value is -1.26. The highest BCUT2D eigenvalue weighted by Crippen LogP contribution is 2.24. The summed E-state index contributed by atoms with van der Waals surface area (Å²) in [7, 11) is 0. The summed E-state index contributed by atoms with van der Waals surface area (Å²) in [5.74, 6) is 1.76. The maximum atomic E-state index is 12.2. The van der Waals surface area contributed by atoms with Crippen molar-refractivity contribution in [3.63, 3.8) is 0 Å². The summed E-state index contributed by atoms with van der Waals surface area (Å²) in [6.45, 7) is 8.64. The number of hydrogen-bond donors (Lipinski definition) is 1. The summed E-state index contributed by atoms with van der Waals surface area (Å²) < 4.78 is 5.75. The van der Waals surface area contributed by atoms with Crippen LogP contribution in [0.15, 0.2) is 18.2 Å². The molecule has 2 N–H and O–H groups in total. The van der Waals surface area contributed by atoms with Crippen molar-refractivity contribution in [2.75, 3.05) is 26.2 Å². The molecule has 1 aliphatic heterocycles. The number of hydrogen-bond acceptors (Lipinski definition) is 3. The van der Waals surface area contributed by atoms with Gasteiger partial charge in [-0.3, -0.25) is 4.79 Å². The van der Waals surface area contributed by atoms with Crippen molar-refractivity contribution < 1.29 is 9.53 Å². The van der Waals surface area contributed by atoms with Crippen LogP contribution in [0.3, 0.4) is 0 Å². The molecular weight excluding hydrogens is 300 g/mol. The molecule has 2 rings (SSSR count). The van der Waals surface area contributed by atoms with Crippen LogP contribution < -0.4 is 10.5 Å². The third kappa shape index (κ3) is 4.62. The van der Waals surface area contributed by atoms with Gasteiger partial charge in [-0.25, -0.2) is 0 Å². The van der Waals surface area contributed by atoms with Gasteiger partial charge in [-0.15, -0.1) is 12.4 Å². The number of likely N-dealkylation sites (tertiary alicyclic amines) is 1. The number of carbonyl (C=O) groups excluding carboxylic acids is 1. The molecule has 1 aliphatic rings. The van der Waals surface area contributed by atoms with Crippen molar-refractivity contribution in [2.45, 2.75) is 33.1 Å². The fraction of sp³-hybridized carbons (Fsp3) is 0.588. The van der Waals surface area contributed by atoms with E-state index in [0.29, 0.717) is 18.4 Å². The van der Waals surface area contributed by atoms with E-state index < -0.39 is 0 Å². The van der Waals surface area contributed by atoms with Crippen molar-refractivity contribution in [3.05, 3.63) is 29.3 Å². The fourth-order valence-corrected chi connectivity index (χ4v) is 2.61. The largest absolute Gasteiger partial charge is 0.483 e. The highest BCUT2D eigenvalue weighted by Gasteiger charge is 2.25. The zero-order valence-electron chi connectivity index (χ0n) is 13.7. The predicted octanol–water partition coefficient (Wildman–Crippen LogP) is 2.73. The summed E-state index contributed by atoms with van der Waals surface area (Å²) in [5.41, 5.74) is 7.95. The third-order valence-electron chi connectivity index (χ3n) is 4.20. The number of halogens is 1. The molecule has 5 heteroatoms. The smallest absolute Gasteiger partial charge is 0.260 e. The maximum absolute atomic E-state index is 12.2. The molecule has 22 heavy (non-hydrogen) atoms. The monoisotopic (exact) mass is 326 g/mol. The third-order valence-corrected chi connectivity index (χ3v) is 4.20. The van der Waals surface area contributed by atoms with Gasteiger partial charge in [0.25, 0.3) is 5.91 Å². The Morgan fingerprint density at radius 1 is 1.45 bits per heavy atom. The first-order valence-electron chi connectivity index (χ1n) is 7.72. The van der Waals surface area contributed by atoms with Gasteiger partial charge in [0.2, 0.25) is 0 Å². The van der Waals surface area contributed by atoms with E-state index in [1.165, 1.54) is 5.56 Å². The first kappa shape index (κ1) is 18.8. The molecule has 1 heterocycles. The maximum Gasteiger partial charge on any atom is 0.260 e. The second kappa shape index (κ2) is 8.39. The summed E-state index contributed by atoms with van der Waals surface area (Å²) >= 11 is 0. The van der Waals surface area contributed by atoms with Crippen LogP contribution >= 0.6 is 12.4 Å². The van der Waals surface area contributed by atoms with E-state index in [4.69, 9.17) is 10.5 Å². The minimum Gasteiger partial charge on any atom is -0.483 e. The molecule has 1 fully saturated rings. The molecule has 0 saturated carbocycles. The van der Waals surface area contributed by atoms with Crippen molar-refractivity contribution in [1.82, 2.24) is 4.90 Å². The number of carbonyl (C=O) groups is 1. The Balaban J connectivity index is 0.00000242. The van der Waals surface area contributed by atoms with E-state index in [9.17, 15) is 4.79 Å². The molecule has 1 aromatic carbocycles. The van der Waals surface area contributed by atoms with Crippen LogP contribution in [-0.2, 0) is 4.79 Å². The minimum atomic E-state index is 0. The molecule has 4 nitrogen and oxygen atoms in total. The summed E-state index contributed by atoms with van der Waals surface area (Å²) in [6.07, 6.45) is 1.00. The molecule has 1 unspecified atom stereocenters. The molecule has 1 atom stereocenters. The van der Waals surface area contributed by atoms with E-state index in [0.717, 1.165) is 30.8 Å². The molecule has 0 spiro atoms. The van der Waals surface area contributed by atoms with Crippen LogP contribution in [-0.4, -0.2) is 37.0 Å². The number of ether oxygens (including phenoxy) is 1. The van der Waals surface area contributed by atoms with Gasteiger partial charge in [-0.05, 0) is 48.9 Å². The van der Waals surface area contributed by atoms with Crippen molar-refractivity contribution in [3.8, 4) is 5.75 Å². The van der Waals surface area contributed by atoms with E-state index in [1.54, 1.807) is 0 Å². The second-order valence-corrected chi connectivity index (χ2v) is 6.20. The minimum absolute atomic E-state index is 0. The number of rotatable bonds is 5. The average molecular weight is 327 g/mol. The van der Waals surface area contributed by atoms with Crippen LogP contribution in [0.25, 0.3) is 0 Å². The van der Waals surface area contributed by atoms with E-state index in [1.807, 2.05) is 17.9 Å².